The monoisotopic (exact) mass is 450 g/mol. The maximum atomic E-state index is 2.38. The van der Waals surface area contributed by atoms with Crippen LogP contribution < -0.4 is 0 Å². The first-order chi connectivity index (χ1) is 16.4. The average molecular weight is 451 g/mol. The Labute approximate surface area is 207 Å². The third-order valence-electron chi connectivity index (χ3n) is 7.38. The van der Waals surface area contributed by atoms with Gasteiger partial charge in [-0.3, -0.25) is 0 Å². The first-order valence-corrected chi connectivity index (χ1v) is 14.9. The second-order valence-corrected chi connectivity index (χ2v) is 10.5. The van der Waals surface area contributed by atoms with Gasteiger partial charge < -0.3 is 0 Å². The van der Waals surface area contributed by atoms with Crippen LogP contribution in [0.25, 0.3) is 10.8 Å². The molecule has 0 amide bonds. The van der Waals surface area contributed by atoms with E-state index in [-0.39, 0.29) is 0 Å². The lowest BCUT2D eigenvalue weighted by Crippen LogP contribution is -1.87. The van der Waals surface area contributed by atoms with E-state index in [9.17, 15) is 0 Å². The van der Waals surface area contributed by atoms with E-state index in [1.165, 1.54) is 158 Å². The number of hydrogen-bond donors (Lipinski definition) is 0. The van der Waals surface area contributed by atoms with Gasteiger partial charge in [-0.25, -0.2) is 0 Å². The Kier molecular flexibility index (Phi) is 17.0. The Hall–Kier alpha value is -1.30. The topological polar surface area (TPSA) is 0 Å². The van der Waals surface area contributed by atoms with Crippen LogP contribution in [0.3, 0.4) is 0 Å². The molecule has 0 spiro atoms. The van der Waals surface area contributed by atoms with Gasteiger partial charge in [0.25, 0.3) is 0 Å². The zero-order valence-electron chi connectivity index (χ0n) is 22.1. The lowest BCUT2D eigenvalue weighted by molar-refractivity contribution is 0.520. The Morgan fingerprint density at radius 1 is 0.394 bits per heavy atom. The highest BCUT2D eigenvalue weighted by Crippen LogP contribution is 2.18. The molecule has 0 heterocycles. The van der Waals surface area contributed by atoms with Gasteiger partial charge in [0.1, 0.15) is 0 Å². The van der Waals surface area contributed by atoms with Crippen molar-refractivity contribution in [2.24, 2.45) is 0 Å². The summed E-state index contributed by atoms with van der Waals surface area (Å²) in [5, 5.41) is 2.75. The van der Waals surface area contributed by atoms with Crippen LogP contribution in [-0.4, -0.2) is 0 Å². The van der Waals surface area contributed by atoms with E-state index in [1.54, 1.807) is 0 Å². The highest BCUT2D eigenvalue weighted by atomic mass is 14.0. The summed E-state index contributed by atoms with van der Waals surface area (Å²) in [5.41, 5.74) is 1.51. The molecule has 0 heteroatoms. The molecule has 0 fully saturated rings. The molecule has 186 valence electrons. The minimum atomic E-state index is 1.24. The predicted octanol–water partition coefficient (Wildman–Crippen LogP) is 11.6. The van der Waals surface area contributed by atoms with Gasteiger partial charge in [0, 0.05) is 0 Å². The molecule has 0 N–H and O–H groups in total. The molecule has 0 aromatic heterocycles. The van der Waals surface area contributed by atoms with E-state index in [4.69, 9.17) is 0 Å². The highest BCUT2D eigenvalue weighted by Gasteiger charge is 1.98. The van der Waals surface area contributed by atoms with Crippen molar-refractivity contribution < 1.29 is 0 Å². The molecule has 0 saturated carbocycles. The van der Waals surface area contributed by atoms with Crippen LogP contribution in [0.2, 0.25) is 0 Å². The molecule has 2 aromatic carbocycles. The molecular formula is C33H54. The van der Waals surface area contributed by atoms with E-state index < -0.39 is 0 Å². The van der Waals surface area contributed by atoms with Crippen molar-refractivity contribution in [1.82, 2.24) is 0 Å². The summed E-state index contributed by atoms with van der Waals surface area (Å²) < 4.78 is 0. The van der Waals surface area contributed by atoms with Crippen molar-refractivity contribution in [3.63, 3.8) is 0 Å². The molecule has 0 aliphatic carbocycles. The van der Waals surface area contributed by atoms with Gasteiger partial charge in [-0.2, -0.15) is 0 Å². The number of unbranched alkanes of at least 4 members (excludes halogenated alkanes) is 20. The van der Waals surface area contributed by atoms with E-state index >= 15 is 0 Å². The van der Waals surface area contributed by atoms with Crippen molar-refractivity contribution in [2.75, 3.05) is 0 Å². The maximum Gasteiger partial charge on any atom is -0.0181 e. The van der Waals surface area contributed by atoms with Crippen LogP contribution in [0.5, 0.6) is 0 Å². The molecule has 0 aliphatic heterocycles. The van der Waals surface area contributed by atoms with E-state index in [0.29, 0.717) is 0 Å². The number of fused-ring (bicyclic) bond motifs is 1. The molecule has 0 unspecified atom stereocenters. The number of aryl methyl sites for hydroxylation is 1. The predicted molar refractivity (Wildman–Crippen MR) is 150 cm³/mol. The summed E-state index contributed by atoms with van der Waals surface area (Å²) in [6, 6.07) is 15.7. The fraction of sp³-hybridized carbons (Fsp3) is 0.697. The third kappa shape index (κ3) is 14.5. The van der Waals surface area contributed by atoms with Crippen LogP contribution in [0.1, 0.15) is 147 Å². The summed E-state index contributed by atoms with van der Waals surface area (Å²) in [6.07, 6.45) is 31.8. The van der Waals surface area contributed by atoms with Crippen molar-refractivity contribution in [1.29, 1.82) is 0 Å². The molecule has 2 rings (SSSR count). The van der Waals surface area contributed by atoms with Crippen LogP contribution in [-0.2, 0) is 6.42 Å². The van der Waals surface area contributed by atoms with E-state index in [2.05, 4.69) is 49.4 Å². The molecule has 0 saturated heterocycles. The fourth-order valence-electron chi connectivity index (χ4n) is 5.16. The smallest absolute Gasteiger partial charge is 0.0181 e. The summed E-state index contributed by atoms with van der Waals surface area (Å²) in [6.45, 7) is 2.30. The molecule has 0 bridgehead atoms. The van der Waals surface area contributed by atoms with Crippen molar-refractivity contribution in [3.05, 3.63) is 48.0 Å². The molecule has 0 atom stereocenters. The standard InChI is InChI=1S/C33H54/c1-2-3-4-5-6-7-8-9-10-11-12-13-14-15-16-17-18-19-20-21-22-25-31-28-29-32-26-23-24-27-33(32)30-31/h23-24,26-30H,2-22,25H2,1H3. The van der Waals surface area contributed by atoms with Crippen LogP contribution in [0.15, 0.2) is 42.5 Å². The minimum Gasteiger partial charge on any atom is -0.0654 e. The average Bonchev–Trinajstić information content (AvgIpc) is 2.85. The van der Waals surface area contributed by atoms with Gasteiger partial charge in [-0.15, -0.1) is 0 Å². The zero-order valence-corrected chi connectivity index (χ0v) is 22.1. The Morgan fingerprint density at radius 2 is 0.788 bits per heavy atom. The lowest BCUT2D eigenvalue weighted by Gasteiger charge is -2.05. The molecule has 0 aliphatic rings. The Balaban J connectivity index is 1.27. The molecule has 0 nitrogen and oxygen atoms in total. The minimum absolute atomic E-state index is 1.24. The molecular weight excluding hydrogens is 396 g/mol. The second kappa shape index (κ2) is 20.1. The van der Waals surface area contributed by atoms with Gasteiger partial charge in [0.2, 0.25) is 0 Å². The van der Waals surface area contributed by atoms with E-state index in [1.807, 2.05) is 0 Å². The van der Waals surface area contributed by atoms with Gasteiger partial charge in [0.05, 0.1) is 0 Å². The highest BCUT2D eigenvalue weighted by molar-refractivity contribution is 5.82. The number of rotatable bonds is 22. The Morgan fingerprint density at radius 3 is 1.24 bits per heavy atom. The van der Waals surface area contributed by atoms with Gasteiger partial charge in [0.15, 0.2) is 0 Å². The van der Waals surface area contributed by atoms with Crippen LogP contribution in [0.4, 0.5) is 0 Å². The lowest BCUT2D eigenvalue weighted by atomic mass is 10.0. The van der Waals surface area contributed by atoms with Crippen LogP contribution in [0, 0.1) is 0 Å². The summed E-state index contributed by atoms with van der Waals surface area (Å²) >= 11 is 0. The Bertz CT molecular complexity index is 685. The zero-order chi connectivity index (χ0) is 23.2. The summed E-state index contributed by atoms with van der Waals surface area (Å²) in [4.78, 5) is 0. The van der Waals surface area contributed by atoms with E-state index in [0.717, 1.165) is 0 Å². The summed E-state index contributed by atoms with van der Waals surface area (Å²) in [7, 11) is 0. The van der Waals surface area contributed by atoms with Crippen molar-refractivity contribution in [3.8, 4) is 0 Å². The second-order valence-electron chi connectivity index (χ2n) is 10.5. The first kappa shape index (κ1) is 27.9. The maximum absolute atomic E-state index is 2.38. The molecule has 0 radical (unpaired) electrons. The largest absolute Gasteiger partial charge is 0.0654 e. The molecule has 2 aromatic rings. The van der Waals surface area contributed by atoms with Crippen LogP contribution >= 0.6 is 0 Å². The first-order valence-electron chi connectivity index (χ1n) is 14.9. The van der Waals surface area contributed by atoms with Crippen molar-refractivity contribution in [2.45, 2.75) is 148 Å². The number of hydrogen-bond acceptors (Lipinski definition) is 0. The van der Waals surface area contributed by atoms with Crippen molar-refractivity contribution >= 4 is 10.8 Å². The quantitative estimate of drug-likeness (QED) is 0.156. The van der Waals surface area contributed by atoms with Gasteiger partial charge >= 0.3 is 0 Å². The number of benzene rings is 2. The summed E-state index contributed by atoms with van der Waals surface area (Å²) in [5.74, 6) is 0. The SMILES string of the molecule is CCCCCCCCCCCCCCCCCCCCCCCc1ccc2ccccc2c1. The fourth-order valence-corrected chi connectivity index (χ4v) is 5.16. The molecule has 33 heavy (non-hydrogen) atoms. The van der Waals surface area contributed by atoms with Gasteiger partial charge in [-0.05, 0) is 29.2 Å². The van der Waals surface area contributed by atoms with Gasteiger partial charge in [-0.1, -0.05) is 178 Å². The third-order valence-corrected chi connectivity index (χ3v) is 7.38. The normalized spacial score (nSPS) is 11.4.